The maximum absolute atomic E-state index is 9.09. The standard InChI is InChI=1S/C12H16BrN3S/c1-9(6-12(2,8-14)15-3)17-11-5-4-10(13)7-16-11/h4-5,7,9,15H,6H2,1-3H3. The molecule has 1 N–H and O–H groups in total. The van der Waals surface area contributed by atoms with Crippen LogP contribution in [0.4, 0.5) is 0 Å². The highest BCUT2D eigenvalue weighted by atomic mass is 79.9. The quantitative estimate of drug-likeness (QED) is 0.848. The molecule has 3 nitrogen and oxygen atoms in total. The van der Waals surface area contributed by atoms with Gasteiger partial charge in [-0.1, -0.05) is 6.92 Å². The van der Waals surface area contributed by atoms with Gasteiger partial charge in [0.05, 0.1) is 11.1 Å². The first-order valence-corrected chi connectivity index (χ1v) is 7.05. The molecule has 0 aliphatic rings. The molecule has 0 aliphatic carbocycles. The van der Waals surface area contributed by atoms with Gasteiger partial charge in [-0.3, -0.25) is 0 Å². The average molecular weight is 314 g/mol. The van der Waals surface area contributed by atoms with Crippen molar-refractivity contribution in [2.45, 2.75) is 36.1 Å². The zero-order chi connectivity index (χ0) is 12.9. The number of nitrogens with one attached hydrogen (secondary N) is 1. The van der Waals surface area contributed by atoms with Gasteiger partial charge in [-0.15, -0.1) is 11.8 Å². The molecule has 0 radical (unpaired) electrons. The molecule has 2 unspecified atom stereocenters. The van der Waals surface area contributed by atoms with Gasteiger partial charge in [0.25, 0.3) is 0 Å². The summed E-state index contributed by atoms with van der Waals surface area (Å²) in [5.74, 6) is 0. The molecule has 0 aliphatic heterocycles. The minimum atomic E-state index is -0.470. The number of nitriles is 1. The Labute approximate surface area is 115 Å². The SMILES string of the molecule is CNC(C)(C#N)CC(C)Sc1ccc(Br)cn1. The normalized spacial score (nSPS) is 15.9. The first-order chi connectivity index (χ1) is 7.99. The Balaban J connectivity index is 2.58. The summed E-state index contributed by atoms with van der Waals surface area (Å²) in [6.45, 7) is 4.03. The van der Waals surface area contributed by atoms with E-state index in [4.69, 9.17) is 5.26 Å². The van der Waals surface area contributed by atoms with Gasteiger partial charge in [0, 0.05) is 15.9 Å². The first-order valence-electron chi connectivity index (χ1n) is 5.37. The van der Waals surface area contributed by atoms with Crippen LogP contribution in [0.25, 0.3) is 0 Å². The van der Waals surface area contributed by atoms with E-state index >= 15 is 0 Å². The molecule has 0 saturated carbocycles. The van der Waals surface area contributed by atoms with Crippen molar-refractivity contribution in [1.29, 1.82) is 5.26 Å². The van der Waals surface area contributed by atoms with Crippen LogP contribution in [0.1, 0.15) is 20.3 Å². The number of aromatic nitrogens is 1. The van der Waals surface area contributed by atoms with E-state index in [0.717, 1.165) is 15.9 Å². The van der Waals surface area contributed by atoms with Crippen molar-refractivity contribution in [3.63, 3.8) is 0 Å². The van der Waals surface area contributed by atoms with Gasteiger partial charge in [0.2, 0.25) is 0 Å². The predicted molar refractivity (Wildman–Crippen MR) is 75.0 cm³/mol. The van der Waals surface area contributed by atoms with E-state index in [1.54, 1.807) is 18.0 Å². The van der Waals surface area contributed by atoms with Crippen molar-refractivity contribution >= 4 is 27.7 Å². The van der Waals surface area contributed by atoms with Gasteiger partial charge in [0.1, 0.15) is 5.54 Å². The lowest BCUT2D eigenvalue weighted by atomic mass is 9.98. The molecule has 2 atom stereocenters. The second kappa shape index (κ2) is 6.39. The summed E-state index contributed by atoms with van der Waals surface area (Å²) in [7, 11) is 1.82. The van der Waals surface area contributed by atoms with E-state index in [0.29, 0.717) is 5.25 Å². The maximum Gasteiger partial charge on any atom is 0.104 e. The van der Waals surface area contributed by atoms with Crippen LogP contribution in [0.5, 0.6) is 0 Å². The van der Waals surface area contributed by atoms with Crippen molar-refractivity contribution in [1.82, 2.24) is 10.3 Å². The third-order valence-electron chi connectivity index (χ3n) is 2.52. The van der Waals surface area contributed by atoms with Crippen molar-refractivity contribution in [3.8, 4) is 6.07 Å². The predicted octanol–water partition coefficient (Wildman–Crippen LogP) is 3.22. The topological polar surface area (TPSA) is 48.7 Å². The lowest BCUT2D eigenvalue weighted by Gasteiger charge is -2.24. The number of hydrogen-bond acceptors (Lipinski definition) is 4. The number of hydrogen-bond donors (Lipinski definition) is 1. The molecule has 5 heteroatoms. The Morgan fingerprint density at radius 2 is 2.35 bits per heavy atom. The highest BCUT2D eigenvalue weighted by Crippen LogP contribution is 2.27. The molecule has 92 valence electrons. The highest BCUT2D eigenvalue weighted by Gasteiger charge is 2.24. The van der Waals surface area contributed by atoms with Crippen molar-refractivity contribution in [2.75, 3.05) is 7.05 Å². The number of rotatable bonds is 5. The fourth-order valence-electron chi connectivity index (χ4n) is 1.46. The second-order valence-electron chi connectivity index (χ2n) is 4.14. The Bertz CT molecular complexity index is 401. The van der Waals surface area contributed by atoms with Crippen molar-refractivity contribution in [3.05, 3.63) is 22.8 Å². The molecule has 1 heterocycles. The molecule has 0 amide bonds. The summed E-state index contributed by atoms with van der Waals surface area (Å²) < 4.78 is 0.978. The molecule has 0 bridgehead atoms. The minimum Gasteiger partial charge on any atom is -0.303 e. The summed E-state index contributed by atoms with van der Waals surface area (Å²) >= 11 is 5.04. The van der Waals surface area contributed by atoms with Crippen LogP contribution >= 0.6 is 27.7 Å². The molecule has 0 spiro atoms. The summed E-state index contributed by atoms with van der Waals surface area (Å²) in [4.78, 5) is 4.31. The van der Waals surface area contributed by atoms with Gasteiger partial charge in [-0.2, -0.15) is 5.26 Å². The third kappa shape index (κ3) is 4.66. The molecule has 0 aromatic carbocycles. The van der Waals surface area contributed by atoms with Gasteiger partial charge in [0.15, 0.2) is 0 Å². The number of halogens is 1. The molecule has 0 saturated heterocycles. The van der Waals surface area contributed by atoms with Gasteiger partial charge in [-0.05, 0) is 48.5 Å². The maximum atomic E-state index is 9.09. The summed E-state index contributed by atoms with van der Waals surface area (Å²) in [5, 5.41) is 13.5. The number of nitrogens with zero attached hydrogens (tertiary/aromatic N) is 2. The molecule has 1 aromatic heterocycles. The molecular formula is C12H16BrN3S. The Kier molecular flexibility index (Phi) is 5.44. The number of thioether (sulfide) groups is 1. The Morgan fingerprint density at radius 3 is 2.82 bits per heavy atom. The molecular weight excluding hydrogens is 298 g/mol. The zero-order valence-corrected chi connectivity index (χ0v) is 12.6. The summed E-state index contributed by atoms with van der Waals surface area (Å²) in [5.41, 5.74) is -0.470. The van der Waals surface area contributed by atoms with Gasteiger partial charge in [-0.25, -0.2) is 4.98 Å². The van der Waals surface area contributed by atoms with Crippen LogP contribution in [0.2, 0.25) is 0 Å². The van der Waals surface area contributed by atoms with E-state index in [1.165, 1.54) is 0 Å². The van der Waals surface area contributed by atoms with E-state index in [2.05, 4.69) is 39.2 Å². The van der Waals surface area contributed by atoms with E-state index in [1.807, 2.05) is 26.1 Å². The average Bonchev–Trinajstić information content (AvgIpc) is 2.32. The monoisotopic (exact) mass is 313 g/mol. The van der Waals surface area contributed by atoms with Crippen molar-refractivity contribution < 1.29 is 0 Å². The van der Waals surface area contributed by atoms with E-state index in [9.17, 15) is 0 Å². The third-order valence-corrected chi connectivity index (χ3v) is 4.04. The van der Waals surface area contributed by atoms with Crippen LogP contribution in [-0.2, 0) is 0 Å². The largest absolute Gasteiger partial charge is 0.303 e. The smallest absolute Gasteiger partial charge is 0.104 e. The van der Waals surface area contributed by atoms with Gasteiger partial charge >= 0.3 is 0 Å². The summed E-state index contributed by atoms with van der Waals surface area (Å²) in [6.07, 6.45) is 2.57. The second-order valence-corrected chi connectivity index (χ2v) is 6.52. The lowest BCUT2D eigenvalue weighted by molar-refractivity contribution is 0.455. The lowest BCUT2D eigenvalue weighted by Crippen LogP contribution is -2.40. The molecule has 1 rings (SSSR count). The molecule has 0 fully saturated rings. The molecule has 17 heavy (non-hydrogen) atoms. The minimum absolute atomic E-state index is 0.334. The highest BCUT2D eigenvalue weighted by molar-refractivity contribution is 9.10. The van der Waals surface area contributed by atoms with E-state index < -0.39 is 5.54 Å². The van der Waals surface area contributed by atoms with Crippen LogP contribution < -0.4 is 5.32 Å². The fraction of sp³-hybridized carbons (Fsp3) is 0.500. The van der Waals surface area contributed by atoms with Crippen LogP contribution in [0, 0.1) is 11.3 Å². The van der Waals surface area contributed by atoms with Crippen LogP contribution in [0.3, 0.4) is 0 Å². The van der Waals surface area contributed by atoms with Gasteiger partial charge < -0.3 is 5.32 Å². The number of pyridine rings is 1. The Morgan fingerprint density at radius 1 is 1.65 bits per heavy atom. The first kappa shape index (κ1) is 14.5. The zero-order valence-electron chi connectivity index (χ0n) is 10.2. The fourth-order valence-corrected chi connectivity index (χ4v) is 2.78. The summed E-state index contributed by atoms with van der Waals surface area (Å²) in [6, 6.07) is 6.26. The Hall–Kier alpha value is -0.570. The van der Waals surface area contributed by atoms with Crippen molar-refractivity contribution in [2.24, 2.45) is 0 Å². The van der Waals surface area contributed by atoms with Crippen LogP contribution in [-0.4, -0.2) is 22.8 Å². The van der Waals surface area contributed by atoms with E-state index in [-0.39, 0.29) is 0 Å². The molecule has 1 aromatic rings. The van der Waals surface area contributed by atoms with Crippen LogP contribution in [0.15, 0.2) is 27.8 Å².